The van der Waals surface area contributed by atoms with Crippen LogP contribution in [0.2, 0.25) is 0 Å². The van der Waals surface area contributed by atoms with Gasteiger partial charge in [-0.25, -0.2) is 0 Å². The Morgan fingerprint density at radius 1 is 1.32 bits per heavy atom. The summed E-state index contributed by atoms with van der Waals surface area (Å²) in [6.07, 6.45) is 3.26. The molecule has 3 N–H and O–H groups in total. The Labute approximate surface area is 112 Å². The van der Waals surface area contributed by atoms with Crippen LogP contribution in [-0.2, 0) is 11.3 Å². The van der Waals surface area contributed by atoms with Gasteiger partial charge in [-0.05, 0) is 48.8 Å². The van der Waals surface area contributed by atoms with Gasteiger partial charge in [0.2, 0.25) is 0 Å². The maximum atomic E-state index is 11.4. The third kappa shape index (κ3) is 2.32. The van der Waals surface area contributed by atoms with Gasteiger partial charge in [-0.1, -0.05) is 12.1 Å². The maximum absolute atomic E-state index is 11.4. The van der Waals surface area contributed by atoms with Crippen molar-refractivity contribution in [2.24, 2.45) is 17.8 Å². The monoisotopic (exact) mass is 261 g/mol. The fraction of sp³-hybridized carbons (Fsp3) is 0.533. The topological polar surface area (TPSA) is 69.6 Å². The second-order valence-electron chi connectivity index (χ2n) is 5.77. The number of carboxylic acid groups (broad SMARTS) is 1. The van der Waals surface area contributed by atoms with Crippen LogP contribution in [0.4, 0.5) is 0 Å². The molecule has 0 amide bonds. The van der Waals surface area contributed by atoms with E-state index in [1.165, 1.54) is 0 Å². The molecule has 0 radical (unpaired) electrons. The summed E-state index contributed by atoms with van der Waals surface area (Å²) in [5.41, 5.74) is 0.993. The first-order chi connectivity index (χ1) is 9.15. The zero-order chi connectivity index (χ0) is 13.4. The Morgan fingerprint density at radius 3 is 2.84 bits per heavy atom. The van der Waals surface area contributed by atoms with Crippen molar-refractivity contribution in [1.82, 2.24) is 5.32 Å². The van der Waals surface area contributed by atoms with Gasteiger partial charge in [0.15, 0.2) is 0 Å². The zero-order valence-corrected chi connectivity index (χ0v) is 10.7. The number of rotatable bonds is 4. The Kier molecular flexibility index (Phi) is 3.19. The number of phenolic OH excluding ortho intramolecular Hbond substituents is 1. The highest BCUT2D eigenvalue weighted by molar-refractivity contribution is 5.72. The Bertz CT molecular complexity index is 488. The molecule has 4 nitrogen and oxygen atoms in total. The van der Waals surface area contributed by atoms with Gasteiger partial charge in [0.05, 0.1) is 5.92 Å². The smallest absolute Gasteiger partial charge is 0.308 e. The molecule has 1 aromatic carbocycles. The minimum Gasteiger partial charge on any atom is -0.508 e. The highest BCUT2D eigenvalue weighted by Crippen LogP contribution is 2.48. The largest absolute Gasteiger partial charge is 0.508 e. The highest BCUT2D eigenvalue weighted by Gasteiger charge is 2.50. The molecule has 0 spiro atoms. The van der Waals surface area contributed by atoms with Crippen molar-refractivity contribution in [3.05, 3.63) is 29.8 Å². The maximum Gasteiger partial charge on any atom is 0.308 e. The SMILES string of the molecule is O=C(O)C1C2CCC(C2)C1NCc1cccc(O)c1. The molecule has 0 heterocycles. The van der Waals surface area contributed by atoms with E-state index in [0.717, 1.165) is 24.8 Å². The molecule has 0 saturated heterocycles. The molecule has 0 aromatic heterocycles. The minimum absolute atomic E-state index is 0.0820. The molecular formula is C15H19NO3. The molecule has 4 heteroatoms. The summed E-state index contributed by atoms with van der Waals surface area (Å²) in [5, 5.41) is 22.2. The van der Waals surface area contributed by atoms with Gasteiger partial charge in [-0.3, -0.25) is 4.79 Å². The van der Waals surface area contributed by atoms with Crippen LogP contribution in [0.1, 0.15) is 24.8 Å². The van der Waals surface area contributed by atoms with Crippen LogP contribution in [-0.4, -0.2) is 22.2 Å². The number of aliphatic carboxylic acids is 1. The number of carboxylic acids is 1. The molecule has 2 bridgehead atoms. The van der Waals surface area contributed by atoms with Crippen LogP contribution in [0.5, 0.6) is 5.75 Å². The summed E-state index contributed by atoms with van der Waals surface area (Å²) < 4.78 is 0. The summed E-state index contributed by atoms with van der Waals surface area (Å²) >= 11 is 0. The first-order valence-electron chi connectivity index (χ1n) is 6.89. The molecule has 2 aliphatic rings. The first-order valence-corrected chi connectivity index (χ1v) is 6.89. The van der Waals surface area contributed by atoms with Crippen molar-refractivity contribution in [2.75, 3.05) is 0 Å². The molecule has 102 valence electrons. The molecule has 2 saturated carbocycles. The lowest BCUT2D eigenvalue weighted by molar-refractivity contribution is -0.144. The number of benzene rings is 1. The molecule has 19 heavy (non-hydrogen) atoms. The lowest BCUT2D eigenvalue weighted by Gasteiger charge is -2.29. The number of hydrogen-bond donors (Lipinski definition) is 3. The van der Waals surface area contributed by atoms with Gasteiger partial charge in [0.25, 0.3) is 0 Å². The van der Waals surface area contributed by atoms with Crippen molar-refractivity contribution in [2.45, 2.75) is 31.8 Å². The van der Waals surface area contributed by atoms with Crippen LogP contribution in [0, 0.1) is 17.8 Å². The second kappa shape index (κ2) is 4.85. The van der Waals surface area contributed by atoms with E-state index in [1.807, 2.05) is 12.1 Å². The first kappa shape index (κ1) is 12.5. The predicted octanol–water partition coefficient (Wildman–Crippen LogP) is 1.98. The van der Waals surface area contributed by atoms with E-state index in [-0.39, 0.29) is 17.7 Å². The second-order valence-corrected chi connectivity index (χ2v) is 5.77. The van der Waals surface area contributed by atoms with Crippen molar-refractivity contribution < 1.29 is 15.0 Å². The third-order valence-corrected chi connectivity index (χ3v) is 4.65. The lowest BCUT2D eigenvalue weighted by Crippen LogP contribution is -2.43. The highest BCUT2D eigenvalue weighted by atomic mass is 16.4. The van der Waals surface area contributed by atoms with Gasteiger partial charge in [0, 0.05) is 12.6 Å². The van der Waals surface area contributed by atoms with Gasteiger partial charge >= 0.3 is 5.97 Å². The molecule has 4 atom stereocenters. The van der Waals surface area contributed by atoms with E-state index in [1.54, 1.807) is 12.1 Å². The molecule has 4 unspecified atom stereocenters. The van der Waals surface area contributed by atoms with Crippen LogP contribution < -0.4 is 5.32 Å². The average molecular weight is 261 g/mol. The number of fused-ring (bicyclic) bond motifs is 2. The number of carbonyl (C=O) groups is 1. The quantitative estimate of drug-likeness (QED) is 0.775. The Balaban J connectivity index is 1.67. The van der Waals surface area contributed by atoms with Crippen LogP contribution >= 0.6 is 0 Å². The van der Waals surface area contributed by atoms with Crippen LogP contribution in [0.15, 0.2) is 24.3 Å². The number of phenols is 1. The molecule has 1 aromatic rings. The van der Waals surface area contributed by atoms with Crippen molar-refractivity contribution in [3.8, 4) is 5.75 Å². The van der Waals surface area contributed by atoms with E-state index >= 15 is 0 Å². The standard InChI is InChI=1S/C15H19NO3/c17-12-3-1-2-9(6-12)8-16-14-11-5-4-10(7-11)13(14)15(18)19/h1-3,6,10-11,13-14,16-17H,4-5,7-8H2,(H,18,19). The van der Waals surface area contributed by atoms with E-state index in [2.05, 4.69) is 5.32 Å². The van der Waals surface area contributed by atoms with Gasteiger partial charge < -0.3 is 15.5 Å². The molecule has 3 rings (SSSR count). The Hall–Kier alpha value is -1.55. The van der Waals surface area contributed by atoms with Crippen LogP contribution in [0.3, 0.4) is 0 Å². The van der Waals surface area contributed by atoms with Crippen molar-refractivity contribution in [3.63, 3.8) is 0 Å². The summed E-state index contributed by atoms with van der Waals surface area (Å²) in [6, 6.07) is 7.19. The van der Waals surface area contributed by atoms with Crippen molar-refractivity contribution in [1.29, 1.82) is 0 Å². The average Bonchev–Trinajstić information content (AvgIpc) is 2.96. The number of nitrogens with one attached hydrogen (secondary N) is 1. The Morgan fingerprint density at radius 2 is 2.11 bits per heavy atom. The van der Waals surface area contributed by atoms with E-state index < -0.39 is 5.97 Å². The van der Waals surface area contributed by atoms with Gasteiger partial charge in [-0.2, -0.15) is 0 Å². The lowest BCUT2D eigenvalue weighted by atomic mass is 9.84. The van der Waals surface area contributed by atoms with E-state index in [0.29, 0.717) is 18.4 Å². The summed E-state index contributed by atoms with van der Waals surface area (Å²) in [5.74, 6) is 0.200. The predicted molar refractivity (Wildman–Crippen MR) is 70.7 cm³/mol. The molecule has 2 fully saturated rings. The summed E-state index contributed by atoms with van der Waals surface area (Å²) in [4.78, 5) is 11.4. The van der Waals surface area contributed by atoms with Crippen LogP contribution in [0.25, 0.3) is 0 Å². The summed E-state index contributed by atoms with van der Waals surface area (Å²) in [6.45, 7) is 0.617. The molecular weight excluding hydrogens is 242 g/mol. The molecule has 2 aliphatic carbocycles. The fourth-order valence-corrected chi connectivity index (χ4v) is 3.84. The van der Waals surface area contributed by atoms with Crippen molar-refractivity contribution >= 4 is 5.97 Å². The molecule has 0 aliphatic heterocycles. The number of aromatic hydroxyl groups is 1. The van der Waals surface area contributed by atoms with E-state index in [4.69, 9.17) is 0 Å². The normalized spacial score (nSPS) is 32.6. The minimum atomic E-state index is -0.666. The third-order valence-electron chi connectivity index (χ3n) is 4.65. The van der Waals surface area contributed by atoms with Gasteiger partial charge in [0.1, 0.15) is 5.75 Å². The van der Waals surface area contributed by atoms with Gasteiger partial charge in [-0.15, -0.1) is 0 Å². The summed E-state index contributed by atoms with van der Waals surface area (Å²) in [7, 11) is 0. The number of hydrogen-bond acceptors (Lipinski definition) is 3. The zero-order valence-electron chi connectivity index (χ0n) is 10.7. The fourth-order valence-electron chi connectivity index (χ4n) is 3.84. The van der Waals surface area contributed by atoms with E-state index in [9.17, 15) is 15.0 Å².